The maximum absolute atomic E-state index is 9.72. The van der Waals surface area contributed by atoms with Crippen LogP contribution in [0.15, 0.2) is 48.8 Å². The van der Waals surface area contributed by atoms with Crippen molar-refractivity contribution in [3.8, 4) is 17.0 Å². The Labute approximate surface area is 115 Å². The van der Waals surface area contributed by atoms with Crippen LogP contribution < -0.4 is 0 Å². The molecule has 0 saturated carbocycles. The molecule has 4 heteroatoms. The fourth-order valence-electron chi connectivity index (χ4n) is 2.70. The SMILES string of the molecule is Cn1cc(-c2cc3cccnc3[nH]2)c2cc(O)ccc21. The van der Waals surface area contributed by atoms with Gasteiger partial charge in [0.2, 0.25) is 0 Å². The third-order valence-electron chi connectivity index (χ3n) is 3.66. The molecule has 0 spiro atoms. The predicted molar refractivity (Wildman–Crippen MR) is 79.7 cm³/mol. The Balaban J connectivity index is 2.04. The van der Waals surface area contributed by atoms with E-state index in [0.717, 1.165) is 33.2 Å². The summed E-state index contributed by atoms with van der Waals surface area (Å²) >= 11 is 0. The lowest BCUT2D eigenvalue weighted by molar-refractivity contribution is 0.476. The van der Waals surface area contributed by atoms with Gasteiger partial charge in [0, 0.05) is 47.0 Å². The van der Waals surface area contributed by atoms with Crippen LogP contribution in [0.3, 0.4) is 0 Å². The molecule has 0 aliphatic carbocycles. The van der Waals surface area contributed by atoms with Crippen molar-refractivity contribution in [3.63, 3.8) is 0 Å². The smallest absolute Gasteiger partial charge is 0.137 e. The van der Waals surface area contributed by atoms with Gasteiger partial charge in [-0.05, 0) is 36.4 Å². The molecule has 0 aliphatic rings. The highest BCUT2D eigenvalue weighted by molar-refractivity contribution is 5.98. The van der Waals surface area contributed by atoms with Gasteiger partial charge >= 0.3 is 0 Å². The van der Waals surface area contributed by atoms with Crippen molar-refractivity contribution in [3.05, 3.63) is 48.8 Å². The van der Waals surface area contributed by atoms with E-state index in [0.29, 0.717) is 0 Å². The van der Waals surface area contributed by atoms with Crippen LogP contribution >= 0.6 is 0 Å². The third kappa shape index (κ3) is 1.51. The molecule has 0 unspecified atom stereocenters. The Morgan fingerprint density at radius 2 is 2.10 bits per heavy atom. The Kier molecular flexibility index (Phi) is 2.15. The number of aryl methyl sites for hydroxylation is 1. The average molecular weight is 263 g/mol. The van der Waals surface area contributed by atoms with E-state index in [1.165, 1.54) is 0 Å². The zero-order valence-electron chi connectivity index (χ0n) is 11.0. The summed E-state index contributed by atoms with van der Waals surface area (Å²) in [5.41, 5.74) is 4.04. The fourth-order valence-corrected chi connectivity index (χ4v) is 2.70. The van der Waals surface area contributed by atoms with Crippen molar-refractivity contribution in [2.45, 2.75) is 0 Å². The van der Waals surface area contributed by atoms with Gasteiger partial charge in [0.25, 0.3) is 0 Å². The molecule has 1 aromatic carbocycles. The van der Waals surface area contributed by atoms with Gasteiger partial charge in [-0.15, -0.1) is 0 Å². The molecule has 3 aromatic heterocycles. The first kappa shape index (κ1) is 11.1. The monoisotopic (exact) mass is 263 g/mol. The van der Waals surface area contributed by atoms with Gasteiger partial charge in [0.1, 0.15) is 11.4 Å². The number of benzene rings is 1. The van der Waals surface area contributed by atoms with Gasteiger partial charge in [0.15, 0.2) is 0 Å². The van der Waals surface area contributed by atoms with Gasteiger partial charge in [0.05, 0.1) is 0 Å². The number of phenolic OH excluding ortho intramolecular Hbond substituents is 1. The number of fused-ring (bicyclic) bond motifs is 2. The molecule has 0 saturated heterocycles. The van der Waals surface area contributed by atoms with Crippen LogP contribution in [0, 0.1) is 0 Å². The number of pyridine rings is 1. The Morgan fingerprint density at radius 3 is 2.95 bits per heavy atom. The first-order valence-electron chi connectivity index (χ1n) is 6.44. The highest BCUT2D eigenvalue weighted by atomic mass is 16.3. The zero-order chi connectivity index (χ0) is 13.7. The van der Waals surface area contributed by atoms with E-state index in [-0.39, 0.29) is 5.75 Å². The predicted octanol–water partition coefficient (Wildman–Crippen LogP) is 3.43. The maximum atomic E-state index is 9.72. The topological polar surface area (TPSA) is 53.8 Å². The second kappa shape index (κ2) is 3.87. The van der Waals surface area contributed by atoms with Crippen LogP contribution in [0.1, 0.15) is 0 Å². The van der Waals surface area contributed by atoms with E-state index < -0.39 is 0 Å². The summed E-state index contributed by atoms with van der Waals surface area (Å²) in [5, 5.41) is 11.8. The summed E-state index contributed by atoms with van der Waals surface area (Å²) in [6.45, 7) is 0. The lowest BCUT2D eigenvalue weighted by atomic mass is 10.1. The van der Waals surface area contributed by atoms with Crippen molar-refractivity contribution < 1.29 is 5.11 Å². The largest absolute Gasteiger partial charge is 0.508 e. The number of phenols is 1. The molecule has 3 heterocycles. The van der Waals surface area contributed by atoms with Crippen molar-refractivity contribution in [1.29, 1.82) is 0 Å². The quantitative estimate of drug-likeness (QED) is 0.553. The van der Waals surface area contributed by atoms with Gasteiger partial charge < -0.3 is 14.7 Å². The number of aromatic amines is 1. The third-order valence-corrected chi connectivity index (χ3v) is 3.66. The van der Waals surface area contributed by atoms with E-state index in [1.807, 2.05) is 25.2 Å². The molecule has 20 heavy (non-hydrogen) atoms. The zero-order valence-corrected chi connectivity index (χ0v) is 11.0. The lowest BCUT2D eigenvalue weighted by Crippen LogP contribution is -1.82. The molecule has 98 valence electrons. The number of H-pyrrole nitrogens is 1. The first-order valence-corrected chi connectivity index (χ1v) is 6.44. The molecule has 4 aromatic rings. The van der Waals surface area contributed by atoms with Crippen LogP contribution in [0.4, 0.5) is 0 Å². The standard InChI is InChI=1S/C16H13N3O/c1-19-9-13(12-8-11(20)4-5-15(12)19)14-7-10-3-2-6-17-16(10)18-14/h2-9,20H,1H3,(H,17,18). The van der Waals surface area contributed by atoms with Gasteiger partial charge in [-0.2, -0.15) is 0 Å². The average Bonchev–Trinajstić information content (AvgIpc) is 3.00. The Hall–Kier alpha value is -2.75. The van der Waals surface area contributed by atoms with Crippen molar-refractivity contribution in [2.24, 2.45) is 7.05 Å². The van der Waals surface area contributed by atoms with Crippen molar-refractivity contribution >= 4 is 21.9 Å². The number of aromatic nitrogens is 3. The van der Waals surface area contributed by atoms with Gasteiger partial charge in [-0.25, -0.2) is 4.98 Å². The van der Waals surface area contributed by atoms with Gasteiger partial charge in [-0.1, -0.05) is 0 Å². The molecule has 4 nitrogen and oxygen atoms in total. The number of hydrogen-bond donors (Lipinski definition) is 2. The van der Waals surface area contributed by atoms with E-state index in [9.17, 15) is 5.11 Å². The molecular formula is C16H13N3O. The van der Waals surface area contributed by atoms with Crippen LogP contribution in [-0.4, -0.2) is 19.6 Å². The minimum Gasteiger partial charge on any atom is -0.508 e. The summed E-state index contributed by atoms with van der Waals surface area (Å²) in [7, 11) is 2.00. The summed E-state index contributed by atoms with van der Waals surface area (Å²) in [4.78, 5) is 7.65. The molecule has 2 N–H and O–H groups in total. The molecule has 4 rings (SSSR count). The number of hydrogen-bond acceptors (Lipinski definition) is 2. The summed E-state index contributed by atoms with van der Waals surface area (Å²) in [6.07, 6.45) is 3.84. The van der Waals surface area contributed by atoms with E-state index in [1.54, 1.807) is 18.3 Å². The number of nitrogens with one attached hydrogen (secondary N) is 1. The highest BCUT2D eigenvalue weighted by Crippen LogP contribution is 2.33. The summed E-state index contributed by atoms with van der Waals surface area (Å²) in [5.74, 6) is 0.277. The molecule has 0 aliphatic heterocycles. The Morgan fingerprint density at radius 1 is 1.20 bits per heavy atom. The fraction of sp³-hybridized carbons (Fsp3) is 0.0625. The van der Waals surface area contributed by atoms with Crippen LogP contribution in [0.5, 0.6) is 5.75 Å². The molecule has 0 radical (unpaired) electrons. The molecule has 0 fully saturated rings. The highest BCUT2D eigenvalue weighted by Gasteiger charge is 2.11. The van der Waals surface area contributed by atoms with Crippen LogP contribution in [0.2, 0.25) is 0 Å². The Bertz CT molecular complexity index is 900. The molecule has 0 amide bonds. The number of nitrogens with zero attached hydrogens (tertiary/aromatic N) is 2. The molecule has 0 atom stereocenters. The van der Waals surface area contributed by atoms with Crippen molar-refractivity contribution in [1.82, 2.24) is 14.5 Å². The normalized spacial score (nSPS) is 11.4. The molecular weight excluding hydrogens is 250 g/mol. The van der Waals surface area contributed by atoms with Crippen LogP contribution in [-0.2, 0) is 7.05 Å². The second-order valence-electron chi connectivity index (χ2n) is 4.98. The van der Waals surface area contributed by atoms with Crippen molar-refractivity contribution in [2.75, 3.05) is 0 Å². The second-order valence-corrected chi connectivity index (χ2v) is 4.98. The first-order chi connectivity index (χ1) is 9.72. The minimum absolute atomic E-state index is 0.277. The van der Waals surface area contributed by atoms with Gasteiger partial charge in [-0.3, -0.25) is 0 Å². The number of rotatable bonds is 1. The molecule has 0 bridgehead atoms. The lowest BCUT2D eigenvalue weighted by Gasteiger charge is -1.97. The van der Waals surface area contributed by atoms with Crippen LogP contribution in [0.25, 0.3) is 33.2 Å². The van der Waals surface area contributed by atoms with E-state index in [2.05, 4.69) is 26.8 Å². The van der Waals surface area contributed by atoms with E-state index >= 15 is 0 Å². The maximum Gasteiger partial charge on any atom is 0.137 e. The summed E-state index contributed by atoms with van der Waals surface area (Å²) in [6, 6.07) is 11.5. The number of aromatic hydroxyl groups is 1. The minimum atomic E-state index is 0.277. The summed E-state index contributed by atoms with van der Waals surface area (Å²) < 4.78 is 2.06. The van der Waals surface area contributed by atoms with E-state index in [4.69, 9.17) is 0 Å².